The fourth-order valence-electron chi connectivity index (χ4n) is 3.35. The van der Waals surface area contributed by atoms with Crippen LogP contribution in [0.15, 0.2) is 71.6 Å². The minimum Gasteiger partial charge on any atom is -0.491 e. The van der Waals surface area contributed by atoms with Crippen molar-refractivity contribution in [2.24, 2.45) is 0 Å². The van der Waals surface area contributed by atoms with Crippen LogP contribution < -0.4 is 4.74 Å². The molecular formula is C25H23NO3S. The molecule has 1 aliphatic heterocycles. The van der Waals surface area contributed by atoms with Crippen LogP contribution in [-0.4, -0.2) is 22.2 Å². The SMILES string of the molecule is CCC(C)Oc1ccc(/C=C2\SC(=O)N(Cc3cccc4ccccc34)C2=O)cc1. The van der Waals surface area contributed by atoms with E-state index in [-0.39, 0.29) is 23.8 Å². The molecule has 1 aliphatic rings. The van der Waals surface area contributed by atoms with E-state index >= 15 is 0 Å². The number of rotatable bonds is 6. The Morgan fingerprint density at radius 3 is 2.50 bits per heavy atom. The second-order valence-corrected chi connectivity index (χ2v) is 8.31. The van der Waals surface area contributed by atoms with E-state index in [0.29, 0.717) is 4.91 Å². The number of amides is 2. The number of carbonyl (C=O) groups excluding carboxylic acids is 2. The maximum atomic E-state index is 12.9. The minimum atomic E-state index is -0.252. The average molecular weight is 418 g/mol. The molecule has 1 atom stereocenters. The van der Waals surface area contributed by atoms with Crippen LogP contribution in [0.3, 0.4) is 0 Å². The summed E-state index contributed by atoms with van der Waals surface area (Å²) in [4.78, 5) is 27.2. The molecule has 0 radical (unpaired) electrons. The Hall–Kier alpha value is -3.05. The molecule has 152 valence electrons. The first-order chi connectivity index (χ1) is 14.5. The third kappa shape index (κ3) is 4.26. The molecule has 2 amide bonds. The summed E-state index contributed by atoms with van der Waals surface area (Å²) in [5, 5.41) is 1.91. The number of thioether (sulfide) groups is 1. The second-order valence-electron chi connectivity index (χ2n) is 7.31. The van der Waals surface area contributed by atoms with Gasteiger partial charge in [-0.1, -0.05) is 61.5 Å². The van der Waals surface area contributed by atoms with E-state index in [0.717, 1.165) is 45.8 Å². The molecule has 0 bridgehead atoms. The zero-order valence-electron chi connectivity index (χ0n) is 17.0. The molecule has 5 heteroatoms. The highest BCUT2D eigenvalue weighted by atomic mass is 32.2. The summed E-state index contributed by atoms with van der Waals surface area (Å²) >= 11 is 0.987. The molecule has 4 nitrogen and oxygen atoms in total. The van der Waals surface area contributed by atoms with Gasteiger partial charge in [0.1, 0.15) is 5.75 Å². The number of hydrogen-bond donors (Lipinski definition) is 0. The Balaban J connectivity index is 1.52. The van der Waals surface area contributed by atoms with E-state index in [9.17, 15) is 9.59 Å². The fourth-order valence-corrected chi connectivity index (χ4v) is 4.18. The van der Waals surface area contributed by atoms with Gasteiger partial charge in [0.05, 0.1) is 17.6 Å². The number of hydrogen-bond acceptors (Lipinski definition) is 4. The first-order valence-electron chi connectivity index (χ1n) is 10.0. The van der Waals surface area contributed by atoms with Crippen LogP contribution in [0, 0.1) is 0 Å². The zero-order valence-corrected chi connectivity index (χ0v) is 17.8. The van der Waals surface area contributed by atoms with Gasteiger partial charge in [-0.15, -0.1) is 0 Å². The number of nitrogens with zero attached hydrogens (tertiary/aromatic N) is 1. The van der Waals surface area contributed by atoms with Gasteiger partial charge in [-0.3, -0.25) is 14.5 Å². The predicted octanol–water partition coefficient (Wildman–Crippen LogP) is 6.25. The van der Waals surface area contributed by atoms with Gasteiger partial charge in [-0.05, 0) is 65.2 Å². The Morgan fingerprint density at radius 1 is 1.00 bits per heavy atom. The highest BCUT2D eigenvalue weighted by molar-refractivity contribution is 8.18. The second kappa shape index (κ2) is 8.76. The molecule has 0 spiro atoms. The third-order valence-electron chi connectivity index (χ3n) is 5.17. The van der Waals surface area contributed by atoms with Gasteiger partial charge in [-0.25, -0.2) is 0 Å². The van der Waals surface area contributed by atoms with Gasteiger partial charge in [0.15, 0.2) is 0 Å². The van der Waals surface area contributed by atoms with Crippen molar-refractivity contribution in [1.29, 1.82) is 0 Å². The standard InChI is InChI=1S/C25H23NO3S/c1-3-17(2)29-21-13-11-18(12-14-21)15-23-24(27)26(25(28)30-23)16-20-9-6-8-19-7-4-5-10-22(19)20/h4-15,17H,3,16H2,1-2H3/b23-15-. The molecule has 0 saturated carbocycles. The van der Waals surface area contributed by atoms with Crippen LogP contribution in [-0.2, 0) is 11.3 Å². The average Bonchev–Trinajstić information content (AvgIpc) is 3.02. The quantitative estimate of drug-likeness (QED) is 0.445. The van der Waals surface area contributed by atoms with Crippen molar-refractivity contribution in [3.05, 3.63) is 82.8 Å². The molecule has 1 unspecified atom stereocenters. The summed E-state index contributed by atoms with van der Waals surface area (Å²) in [5.74, 6) is 0.545. The number of imide groups is 1. The number of carbonyl (C=O) groups is 2. The summed E-state index contributed by atoms with van der Waals surface area (Å²) in [6, 6.07) is 21.5. The third-order valence-corrected chi connectivity index (χ3v) is 6.08. The van der Waals surface area contributed by atoms with Crippen LogP contribution in [0.1, 0.15) is 31.4 Å². The Bertz CT molecular complexity index is 1120. The molecule has 4 rings (SSSR count). The Kier molecular flexibility index (Phi) is 5.91. The topological polar surface area (TPSA) is 46.6 Å². The maximum Gasteiger partial charge on any atom is 0.293 e. The molecule has 1 fully saturated rings. The number of fused-ring (bicyclic) bond motifs is 1. The summed E-state index contributed by atoms with van der Waals surface area (Å²) in [5.41, 5.74) is 1.82. The lowest BCUT2D eigenvalue weighted by Crippen LogP contribution is -2.27. The molecule has 30 heavy (non-hydrogen) atoms. The van der Waals surface area contributed by atoms with Gasteiger partial charge in [0, 0.05) is 0 Å². The lowest BCUT2D eigenvalue weighted by Gasteiger charge is -2.14. The van der Waals surface area contributed by atoms with Crippen molar-refractivity contribution < 1.29 is 14.3 Å². The monoisotopic (exact) mass is 417 g/mol. The lowest BCUT2D eigenvalue weighted by molar-refractivity contribution is -0.123. The first kappa shape index (κ1) is 20.2. The zero-order chi connectivity index (χ0) is 21.1. The van der Waals surface area contributed by atoms with E-state index in [4.69, 9.17) is 4.74 Å². The van der Waals surface area contributed by atoms with E-state index in [1.807, 2.05) is 73.7 Å². The smallest absolute Gasteiger partial charge is 0.293 e. The van der Waals surface area contributed by atoms with Gasteiger partial charge < -0.3 is 4.74 Å². The molecule has 0 aromatic heterocycles. The van der Waals surface area contributed by atoms with E-state index in [1.165, 1.54) is 4.90 Å². The van der Waals surface area contributed by atoms with Crippen LogP contribution in [0.5, 0.6) is 5.75 Å². The first-order valence-corrected chi connectivity index (χ1v) is 10.9. The van der Waals surface area contributed by atoms with Crippen LogP contribution in [0.25, 0.3) is 16.8 Å². The van der Waals surface area contributed by atoms with Crippen molar-refractivity contribution in [1.82, 2.24) is 4.90 Å². The lowest BCUT2D eigenvalue weighted by atomic mass is 10.0. The van der Waals surface area contributed by atoms with Crippen molar-refractivity contribution in [2.45, 2.75) is 32.9 Å². The molecule has 0 aliphatic carbocycles. The van der Waals surface area contributed by atoms with Crippen molar-refractivity contribution in [3.8, 4) is 5.75 Å². The molecule has 3 aromatic rings. The van der Waals surface area contributed by atoms with Gasteiger partial charge in [-0.2, -0.15) is 0 Å². The van der Waals surface area contributed by atoms with Crippen LogP contribution in [0.4, 0.5) is 4.79 Å². The fraction of sp³-hybridized carbons (Fsp3) is 0.200. The minimum absolute atomic E-state index is 0.154. The molecule has 3 aromatic carbocycles. The predicted molar refractivity (Wildman–Crippen MR) is 122 cm³/mol. The van der Waals surface area contributed by atoms with E-state index in [2.05, 4.69) is 6.92 Å². The van der Waals surface area contributed by atoms with Gasteiger partial charge >= 0.3 is 0 Å². The normalized spacial score (nSPS) is 16.5. The van der Waals surface area contributed by atoms with Gasteiger partial charge in [0.2, 0.25) is 0 Å². The summed E-state index contributed by atoms with van der Waals surface area (Å²) in [6.07, 6.45) is 2.86. The molecule has 1 saturated heterocycles. The molecular weight excluding hydrogens is 394 g/mol. The highest BCUT2D eigenvalue weighted by Gasteiger charge is 2.35. The van der Waals surface area contributed by atoms with Crippen molar-refractivity contribution in [3.63, 3.8) is 0 Å². The Labute approximate surface area is 180 Å². The summed E-state index contributed by atoms with van der Waals surface area (Å²) in [6.45, 7) is 4.37. The number of ether oxygens (including phenoxy) is 1. The highest BCUT2D eigenvalue weighted by Crippen LogP contribution is 2.34. The van der Waals surface area contributed by atoms with Crippen molar-refractivity contribution in [2.75, 3.05) is 0 Å². The van der Waals surface area contributed by atoms with Gasteiger partial charge in [0.25, 0.3) is 11.1 Å². The Morgan fingerprint density at radius 2 is 1.73 bits per heavy atom. The van der Waals surface area contributed by atoms with Crippen LogP contribution in [0.2, 0.25) is 0 Å². The largest absolute Gasteiger partial charge is 0.491 e. The van der Waals surface area contributed by atoms with Crippen LogP contribution >= 0.6 is 11.8 Å². The maximum absolute atomic E-state index is 12.9. The number of benzene rings is 3. The summed E-state index contributed by atoms with van der Waals surface area (Å²) < 4.78 is 5.79. The van der Waals surface area contributed by atoms with E-state index < -0.39 is 0 Å². The van der Waals surface area contributed by atoms with E-state index in [1.54, 1.807) is 6.08 Å². The molecule has 1 heterocycles. The molecule has 0 N–H and O–H groups in total. The summed E-state index contributed by atoms with van der Waals surface area (Å²) in [7, 11) is 0. The van der Waals surface area contributed by atoms with Crippen molar-refractivity contribution >= 4 is 39.8 Å².